The third kappa shape index (κ3) is 4.12. The Balaban J connectivity index is 1.94. The minimum atomic E-state index is -0.489. The molecule has 164 valence electrons. The zero-order valence-corrected chi connectivity index (χ0v) is 19.2. The van der Waals surface area contributed by atoms with Crippen molar-refractivity contribution in [3.05, 3.63) is 46.4 Å². The van der Waals surface area contributed by atoms with Crippen LogP contribution in [0.3, 0.4) is 0 Å². The Hall–Kier alpha value is -2.30. The van der Waals surface area contributed by atoms with Gasteiger partial charge in [-0.2, -0.15) is 0 Å². The van der Waals surface area contributed by atoms with E-state index in [4.69, 9.17) is 13.9 Å². The summed E-state index contributed by atoms with van der Waals surface area (Å²) >= 11 is 0. The summed E-state index contributed by atoms with van der Waals surface area (Å²) in [6.45, 7) is 13.7. The van der Waals surface area contributed by atoms with Crippen LogP contribution >= 0.6 is 0 Å². The Morgan fingerprint density at radius 2 is 1.93 bits per heavy atom. The van der Waals surface area contributed by atoms with E-state index in [0.717, 1.165) is 24.2 Å². The van der Waals surface area contributed by atoms with Gasteiger partial charge in [-0.15, -0.1) is 0 Å². The molecule has 0 spiro atoms. The predicted molar refractivity (Wildman–Crippen MR) is 115 cm³/mol. The summed E-state index contributed by atoms with van der Waals surface area (Å²) in [6.07, 6.45) is 6.43. The molecule has 5 heteroatoms. The number of esters is 2. The molecule has 0 N–H and O–H groups in total. The normalized spacial score (nSPS) is 30.7. The van der Waals surface area contributed by atoms with Crippen LogP contribution in [0.1, 0.15) is 64.9 Å². The molecule has 1 saturated carbocycles. The monoisotopic (exact) mass is 414 g/mol. The Kier molecular flexibility index (Phi) is 6.30. The molecule has 5 unspecified atom stereocenters. The van der Waals surface area contributed by atoms with Gasteiger partial charge in [-0.3, -0.25) is 0 Å². The lowest BCUT2D eigenvalue weighted by atomic mass is 9.54. The fourth-order valence-corrected chi connectivity index (χ4v) is 4.96. The van der Waals surface area contributed by atoms with Crippen molar-refractivity contribution in [2.75, 3.05) is 0 Å². The van der Waals surface area contributed by atoms with Crippen LogP contribution < -0.4 is 0 Å². The third-order valence-corrected chi connectivity index (χ3v) is 7.20. The molecule has 1 fully saturated rings. The Labute approximate surface area is 179 Å². The van der Waals surface area contributed by atoms with Gasteiger partial charge in [-0.25, -0.2) is 9.59 Å². The van der Waals surface area contributed by atoms with Crippen molar-refractivity contribution >= 4 is 11.9 Å². The van der Waals surface area contributed by atoms with Crippen LogP contribution in [0.25, 0.3) is 0 Å². The number of aryl methyl sites for hydroxylation is 1. The molecule has 1 aromatic heterocycles. The highest BCUT2D eigenvalue weighted by Gasteiger charge is 2.55. The Bertz CT molecular complexity index is 885. The van der Waals surface area contributed by atoms with E-state index in [-0.39, 0.29) is 29.2 Å². The van der Waals surface area contributed by atoms with Crippen LogP contribution in [0.5, 0.6) is 0 Å². The Morgan fingerprint density at radius 3 is 2.57 bits per heavy atom. The van der Waals surface area contributed by atoms with E-state index in [1.54, 1.807) is 13.0 Å². The molecule has 2 aliphatic rings. The molecular formula is C25H34O5. The topological polar surface area (TPSA) is 65.7 Å². The summed E-state index contributed by atoms with van der Waals surface area (Å²) in [5.41, 5.74) is 3.80. The number of rotatable bonds is 4. The number of hydrogen-bond acceptors (Lipinski definition) is 5. The van der Waals surface area contributed by atoms with Crippen LogP contribution in [0.4, 0.5) is 0 Å². The molecule has 3 rings (SSSR count). The third-order valence-electron chi connectivity index (χ3n) is 7.20. The first-order chi connectivity index (χ1) is 14.1. The lowest BCUT2D eigenvalue weighted by Crippen LogP contribution is -2.56. The van der Waals surface area contributed by atoms with Gasteiger partial charge in [0, 0.05) is 24.0 Å². The number of hydrogen-bond donors (Lipinski definition) is 0. The molecule has 0 bridgehead atoms. The second-order valence-corrected chi connectivity index (χ2v) is 9.47. The van der Waals surface area contributed by atoms with Gasteiger partial charge < -0.3 is 13.9 Å². The molecule has 0 aromatic carbocycles. The fraction of sp³-hybridized carbons (Fsp3) is 0.600. The quantitative estimate of drug-likeness (QED) is 0.506. The molecule has 5 nitrogen and oxygen atoms in total. The van der Waals surface area contributed by atoms with Gasteiger partial charge in [0.2, 0.25) is 0 Å². The molecule has 5 atom stereocenters. The van der Waals surface area contributed by atoms with E-state index in [1.165, 1.54) is 17.2 Å². The summed E-state index contributed by atoms with van der Waals surface area (Å²) in [5, 5.41) is 0. The molecule has 0 aliphatic heterocycles. The van der Waals surface area contributed by atoms with Crippen molar-refractivity contribution in [2.24, 2.45) is 17.3 Å². The van der Waals surface area contributed by atoms with E-state index < -0.39 is 12.2 Å². The van der Waals surface area contributed by atoms with Crippen molar-refractivity contribution in [2.45, 2.75) is 79.9 Å². The lowest BCUT2D eigenvalue weighted by Gasteiger charge is -2.53. The van der Waals surface area contributed by atoms with Crippen molar-refractivity contribution in [1.29, 1.82) is 0 Å². The van der Waals surface area contributed by atoms with E-state index in [0.29, 0.717) is 12.0 Å². The average molecular weight is 415 g/mol. The zero-order chi connectivity index (χ0) is 22.2. The zero-order valence-electron chi connectivity index (χ0n) is 19.2. The molecule has 30 heavy (non-hydrogen) atoms. The molecule has 0 radical (unpaired) electrons. The van der Waals surface area contributed by atoms with Gasteiger partial charge in [-0.1, -0.05) is 25.5 Å². The first-order valence-electron chi connectivity index (χ1n) is 10.8. The minimum Gasteiger partial charge on any atom is -0.469 e. The van der Waals surface area contributed by atoms with Crippen LogP contribution in [0, 0.1) is 24.2 Å². The highest BCUT2D eigenvalue weighted by atomic mass is 16.6. The molecule has 2 aliphatic carbocycles. The first-order valence-corrected chi connectivity index (χ1v) is 10.8. The second kappa shape index (κ2) is 8.44. The number of carbonyl (C=O) groups excluding carboxylic acids is 2. The summed E-state index contributed by atoms with van der Waals surface area (Å²) < 4.78 is 17.6. The second-order valence-electron chi connectivity index (χ2n) is 9.47. The maximum atomic E-state index is 12.5. The van der Waals surface area contributed by atoms with Crippen LogP contribution in [-0.4, -0.2) is 24.1 Å². The molecule has 1 aromatic rings. The maximum Gasteiger partial charge on any atom is 0.333 e. The summed E-state index contributed by atoms with van der Waals surface area (Å²) in [6, 6.07) is 0. The van der Waals surface area contributed by atoms with E-state index in [9.17, 15) is 9.59 Å². The maximum absolute atomic E-state index is 12.5. The van der Waals surface area contributed by atoms with E-state index in [1.807, 2.05) is 27.0 Å². The van der Waals surface area contributed by atoms with Gasteiger partial charge in [0.15, 0.2) is 0 Å². The highest BCUT2D eigenvalue weighted by molar-refractivity contribution is 5.87. The van der Waals surface area contributed by atoms with Crippen LogP contribution in [-0.2, 0) is 31.9 Å². The smallest absolute Gasteiger partial charge is 0.333 e. The number of fused-ring (bicyclic) bond motifs is 2. The van der Waals surface area contributed by atoms with Crippen molar-refractivity contribution in [1.82, 2.24) is 0 Å². The van der Waals surface area contributed by atoms with E-state index >= 15 is 0 Å². The van der Waals surface area contributed by atoms with Gasteiger partial charge in [0.1, 0.15) is 18.0 Å². The van der Waals surface area contributed by atoms with Gasteiger partial charge in [-0.05, 0) is 69.9 Å². The summed E-state index contributed by atoms with van der Waals surface area (Å²) in [4.78, 5) is 25.0. The largest absolute Gasteiger partial charge is 0.469 e. The first kappa shape index (κ1) is 22.4. The van der Waals surface area contributed by atoms with E-state index in [2.05, 4.69) is 20.8 Å². The average Bonchev–Trinajstić information content (AvgIpc) is 3.02. The van der Waals surface area contributed by atoms with Crippen molar-refractivity contribution < 1.29 is 23.5 Å². The van der Waals surface area contributed by atoms with Crippen molar-refractivity contribution in [3.8, 4) is 0 Å². The number of allylic oxidation sites excluding steroid dienone is 2. The Morgan fingerprint density at radius 1 is 1.23 bits per heavy atom. The molecule has 0 saturated heterocycles. The van der Waals surface area contributed by atoms with Gasteiger partial charge in [0.05, 0.1) is 6.26 Å². The molecule has 1 heterocycles. The van der Waals surface area contributed by atoms with Gasteiger partial charge >= 0.3 is 11.9 Å². The highest BCUT2D eigenvalue weighted by Crippen LogP contribution is 2.54. The standard InChI is InChI=1S/C25H34O5/c1-8-15(4)24(27)29-21-11-18-10-20-19(16(5)13-28-20)12-25(18,7)17(6)23(21)30-22(26)9-14(2)3/h8-9,13,17-18,21,23H,10-12H2,1-7H3. The van der Waals surface area contributed by atoms with Crippen LogP contribution in [0.2, 0.25) is 0 Å². The SMILES string of the molecule is CC=C(C)C(=O)OC1CC2Cc3occ(C)c3CC2(C)C(C)C1OC(=O)C=C(C)C. The fourth-order valence-electron chi connectivity index (χ4n) is 4.96. The lowest BCUT2D eigenvalue weighted by molar-refractivity contribution is -0.188. The number of furan rings is 1. The molecular weight excluding hydrogens is 380 g/mol. The minimum absolute atomic E-state index is 0.0249. The summed E-state index contributed by atoms with van der Waals surface area (Å²) in [7, 11) is 0. The summed E-state index contributed by atoms with van der Waals surface area (Å²) in [5.74, 6) is 0.613. The molecule has 0 amide bonds. The van der Waals surface area contributed by atoms with Gasteiger partial charge in [0.25, 0.3) is 0 Å². The van der Waals surface area contributed by atoms with Crippen molar-refractivity contribution in [3.63, 3.8) is 0 Å². The predicted octanol–water partition coefficient (Wildman–Crippen LogP) is 5.10. The van der Waals surface area contributed by atoms with Crippen LogP contribution in [0.15, 0.2) is 34.0 Å². The number of carbonyl (C=O) groups is 2. The number of ether oxygens (including phenoxy) is 2.